The van der Waals surface area contributed by atoms with Gasteiger partial charge in [0.05, 0.1) is 11.8 Å². The van der Waals surface area contributed by atoms with E-state index in [0.29, 0.717) is 17.0 Å². The van der Waals surface area contributed by atoms with Crippen molar-refractivity contribution < 1.29 is 9.52 Å². The molecule has 0 fully saturated rings. The van der Waals surface area contributed by atoms with Crippen molar-refractivity contribution in [3.05, 3.63) is 42.2 Å². The quantitative estimate of drug-likeness (QED) is 0.693. The minimum Gasteiger partial charge on any atom is -0.505 e. The summed E-state index contributed by atoms with van der Waals surface area (Å²) < 4.78 is 5.59. The molecule has 4 nitrogen and oxygen atoms in total. The number of benzene rings is 1. The van der Waals surface area contributed by atoms with Gasteiger partial charge in [0.15, 0.2) is 5.58 Å². The fourth-order valence-corrected chi connectivity index (χ4v) is 1.72. The lowest BCUT2D eigenvalue weighted by atomic mass is 10.2. The molecule has 0 aliphatic carbocycles. The summed E-state index contributed by atoms with van der Waals surface area (Å²) >= 11 is 0. The van der Waals surface area contributed by atoms with Crippen LogP contribution >= 0.6 is 0 Å². The van der Waals surface area contributed by atoms with Crippen molar-refractivity contribution in [1.29, 1.82) is 0 Å². The minimum atomic E-state index is 0.0655. The molecule has 0 aliphatic heterocycles. The Morgan fingerprint density at radius 1 is 1.24 bits per heavy atom. The number of fused-ring (bicyclic) bond motifs is 1. The van der Waals surface area contributed by atoms with Gasteiger partial charge in [0, 0.05) is 6.20 Å². The molecule has 84 valence electrons. The van der Waals surface area contributed by atoms with Crippen molar-refractivity contribution in [1.82, 2.24) is 9.97 Å². The summed E-state index contributed by atoms with van der Waals surface area (Å²) in [6, 6.07) is 7.45. The van der Waals surface area contributed by atoms with Crippen molar-refractivity contribution in [3.63, 3.8) is 0 Å². The van der Waals surface area contributed by atoms with Crippen molar-refractivity contribution in [3.8, 4) is 17.2 Å². The Morgan fingerprint density at radius 2 is 2.12 bits per heavy atom. The molecule has 0 saturated heterocycles. The Labute approximate surface area is 97.6 Å². The van der Waals surface area contributed by atoms with Gasteiger partial charge in [0.25, 0.3) is 0 Å². The van der Waals surface area contributed by atoms with Crippen LogP contribution in [0.5, 0.6) is 5.75 Å². The Hall–Kier alpha value is -2.36. The van der Waals surface area contributed by atoms with Crippen LogP contribution in [0.25, 0.3) is 22.6 Å². The average Bonchev–Trinajstić information content (AvgIpc) is 2.72. The molecule has 1 N–H and O–H groups in total. The lowest BCUT2D eigenvalue weighted by Crippen LogP contribution is -1.79. The molecule has 2 heterocycles. The van der Waals surface area contributed by atoms with Crippen LogP contribution in [0.4, 0.5) is 0 Å². The predicted molar refractivity (Wildman–Crippen MR) is 63.6 cm³/mol. The van der Waals surface area contributed by atoms with Crippen LogP contribution in [-0.2, 0) is 0 Å². The molecule has 0 amide bonds. The number of rotatable bonds is 1. The third kappa shape index (κ3) is 1.63. The molecule has 0 spiro atoms. The van der Waals surface area contributed by atoms with Crippen LogP contribution in [0.3, 0.4) is 0 Å². The number of oxazole rings is 1. The van der Waals surface area contributed by atoms with Gasteiger partial charge in [-0.2, -0.15) is 0 Å². The van der Waals surface area contributed by atoms with Crippen molar-refractivity contribution in [2.24, 2.45) is 0 Å². The molecule has 0 unspecified atom stereocenters. The van der Waals surface area contributed by atoms with Gasteiger partial charge in [-0.1, -0.05) is 6.07 Å². The Kier molecular flexibility index (Phi) is 2.08. The van der Waals surface area contributed by atoms with Gasteiger partial charge in [0.1, 0.15) is 11.3 Å². The standard InChI is InChI=1S/C13H10N2O2/c1-8-2-3-12-10(6-8)15-13(17-12)9-4-5-14-7-11(9)16/h2-7,16H,1H3. The highest BCUT2D eigenvalue weighted by Gasteiger charge is 2.11. The highest BCUT2D eigenvalue weighted by molar-refractivity contribution is 5.77. The normalized spacial score (nSPS) is 10.9. The molecule has 0 saturated carbocycles. The number of nitrogens with zero attached hydrogens (tertiary/aromatic N) is 2. The number of hydrogen-bond donors (Lipinski definition) is 1. The second-order valence-electron chi connectivity index (χ2n) is 3.88. The molecule has 1 aromatic carbocycles. The number of aromatic hydroxyl groups is 1. The third-order valence-corrected chi connectivity index (χ3v) is 2.57. The first-order chi connectivity index (χ1) is 8.24. The van der Waals surface area contributed by atoms with Crippen LogP contribution < -0.4 is 0 Å². The van der Waals surface area contributed by atoms with E-state index in [-0.39, 0.29) is 5.75 Å². The van der Waals surface area contributed by atoms with Crippen LogP contribution in [0.2, 0.25) is 0 Å². The van der Waals surface area contributed by atoms with Gasteiger partial charge in [-0.3, -0.25) is 4.98 Å². The summed E-state index contributed by atoms with van der Waals surface area (Å²) in [6.07, 6.45) is 2.96. The van der Waals surface area contributed by atoms with E-state index < -0.39 is 0 Å². The smallest absolute Gasteiger partial charge is 0.231 e. The molecule has 0 radical (unpaired) electrons. The molecule has 0 atom stereocenters. The number of aromatic nitrogens is 2. The number of pyridine rings is 1. The van der Waals surface area contributed by atoms with Crippen LogP contribution in [-0.4, -0.2) is 15.1 Å². The van der Waals surface area contributed by atoms with Crippen molar-refractivity contribution in [2.45, 2.75) is 6.92 Å². The second-order valence-corrected chi connectivity index (χ2v) is 3.88. The first-order valence-electron chi connectivity index (χ1n) is 5.24. The maximum Gasteiger partial charge on any atom is 0.231 e. The lowest BCUT2D eigenvalue weighted by molar-refractivity contribution is 0.471. The Balaban J connectivity index is 2.22. The fraction of sp³-hybridized carbons (Fsp3) is 0.0769. The van der Waals surface area contributed by atoms with Gasteiger partial charge in [-0.15, -0.1) is 0 Å². The zero-order chi connectivity index (χ0) is 11.8. The van der Waals surface area contributed by atoms with E-state index in [1.54, 1.807) is 12.3 Å². The van der Waals surface area contributed by atoms with Gasteiger partial charge < -0.3 is 9.52 Å². The van der Waals surface area contributed by atoms with Gasteiger partial charge in [-0.05, 0) is 30.7 Å². The van der Waals surface area contributed by atoms with E-state index in [1.165, 1.54) is 6.20 Å². The van der Waals surface area contributed by atoms with Crippen molar-refractivity contribution >= 4 is 11.1 Å². The first kappa shape index (κ1) is 9.84. The summed E-state index contributed by atoms with van der Waals surface area (Å²) in [5.74, 6) is 0.473. The molecule has 4 heteroatoms. The zero-order valence-corrected chi connectivity index (χ0v) is 9.21. The topological polar surface area (TPSA) is 59.2 Å². The first-order valence-corrected chi connectivity index (χ1v) is 5.24. The SMILES string of the molecule is Cc1ccc2oc(-c3ccncc3O)nc2c1. The van der Waals surface area contributed by atoms with Gasteiger partial charge in [-0.25, -0.2) is 4.98 Å². The van der Waals surface area contributed by atoms with Crippen LogP contribution in [0.15, 0.2) is 41.1 Å². The zero-order valence-electron chi connectivity index (χ0n) is 9.21. The molecular weight excluding hydrogens is 216 g/mol. The lowest BCUT2D eigenvalue weighted by Gasteiger charge is -1.96. The van der Waals surface area contributed by atoms with Gasteiger partial charge in [0.2, 0.25) is 5.89 Å². The average molecular weight is 226 g/mol. The largest absolute Gasteiger partial charge is 0.505 e. The molecule has 17 heavy (non-hydrogen) atoms. The minimum absolute atomic E-state index is 0.0655. The number of aryl methyl sites for hydroxylation is 1. The Morgan fingerprint density at radius 3 is 2.94 bits per heavy atom. The highest BCUT2D eigenvalue weighted by Crippen LogP contribution is 2.30. The molecule has 3 rings (SSSR count). The molecular formula is C13H10N2O2. The monoisotopic (exact) mass is 226 g/mol. The maximum absolute atomic E-state index is 9.68. The summed E-state index contributed by atoms with van der Waals surface area (Å²) in [6.45, 7) is 2.00. The highest BCUT2D eigenvalue weighted by atomic mass is 16.3. The maximum atomic E-state index is 9.68. The predicted octanol–water partition coefficient (Wildman–Crippen LogP) is 2.90. The molecule has 2 aromatic heterocycles. The van der Waals surface area contributed by atoms with E-state index in [9.17, 15) is 5.11 Å². The molecule has 0 aliphatic rings. The third-order valence-electron chi connectivity index (χ3n) is 2.57. The summed E-state index contributed by atoms with van der Waals surface area (Å²) in [7, 11) is 0. The van der Waals surface area contributed by atoms with Crippen molar-refractivity contribution in [2.75, 3.05) is 0 Å². The second kappa shape index (κ2) is 3.59. The van der Waals surface area contributed by atoms with E-state index in [1.807, 2.05) is 25.1 Å². The summed E-state index contributed by atoms with van der Waals surface area (Å²) in [4.78, 5) is 8.17. The van der Waals surface area contributed by atoms with E-state index >= 15 is 0 Å². The van der Waals surface area contributed by atoms with Crippen LogP contribution in [0.1, 0.15) is 5.56 Å². The van der Waals surface area contributed by atoms with E-state index in [2.05, 4.69) is 9.97 Å². The molecule has 3 aromatic rings. The summed E-state index contributed by atoms with van der Waals surface area (Å²) in [5.41, 5.74) is 3.17. The van der Waals surface area contributed by atoms with E-state index in [4.69, 9.17) is 4.42 Å². The van der Waals surface area contributed by atoms with Gasteiger partial charge >= 0.3 is 0 Å². The fourth-order valence-electron chi connectivity index (χ4n) is 1.72. The molecule has 0 bridgehead atoms. The summed E-state index contributed by atoms with van der Waals surface area (Å²) in [5, 5.41) is 9.68. The number of hydrogen-bond acceptors (Lipinski definition) is 4. The van der Waals surface area contributed by atoms with Crippen LogP contribution in [0, 0.1) is 6.92 Å². The van der Waals surface area contributed by atoms with E-state index in [0.717, 1.165) is 11.1 Å². The Bertz CT molecular complexity index is 689.